The van der Waals surface area contributed by atoms with Crippen molar-refractivity contribution in [1.82, 2.24) is 29.4 Å². The number of aryl methyl sites for hydroxylation is 2. The van der Waals surface area contributed by atoms with Crippen molar-refractivity contribution in [2.24, 2.45) is 0 Å². The first-order valence-corrected chi connectivity index (χ1v) is 27.2. The van der Waals surface area contributed by atoms with Crippen LogP contribution in [0.3, 0.4) is 0 Å². The van der Waals surface area contributed by atoms with Crippen LogP contribution in [0.4, 0.5) is 11.4 Å². The van der Waals surface area contributed by atoms with Gasteiger partial charge in [-0.15, -0.1) is 0 Å². The molecule has 0 aliphatic carbocycles. The van der Waals surface area contributed by atoms with Gasteiger partial charge in [0.05, 0.1) is 13.2 Å². The summed E-state index contributed by atoms with van der Waals surface area (Å²) in [6.45, 7) is 11.8. The molecule has 4 aliphatic rings. The highest BCUT2D eigenvalue weighted by Crippen LogP contribution is 2.36. The van der Waals surface area contributed by atoms with E-state index in [9.17, 15) is 36.8 Å². The summed E-state index contributed by atoms with van der Waals surface area (Å²) in [4.78, 5) is 33.9. The van der Waals surface area contributed by atoms with Crippen LogP contribution in [0.5, 0.6) is 0 Å². The van der Waals surface area contributed by atoms with Crippen molar-refractivity contribution in [3.8, 4) is 0 Å². The zero-order valence-corrected chi connectivity index (χ0v) is 42.8. The minimum Gasteiger partial charge on any atom is -0.385 e. The molecule has 4 saturated heterocycles. The number of nitrogens with one attached hydrogen (secondary N) is 2. The van der Waals surface area contributed by atoms with Crippen molar-refractivity contribution in [2.75, 3.05) is 156 Å². The van der Waals surface area contributed by atoms with Gasteiger partial charge >= 0.3 is 0 Å². The molecule has 4 heterocycles. The lowest BCUT2D eigenvalue weighted by atomic mass is 9.95. The smallest absolute Gasteiger partial charge is 0.266 e. The molecule has 4 fully saturated rings. The second kappa shape index (κ2) is 27.3. The van der Waals surface area contributed by atoms with Gasteiger partial charge in [0.2, 0.25) is 20.0 Å². The molecule has 22 heteroatoms. The lowest BCUT2D eigenvalue weighted by molar-refractivity contribution is -0.134. The van der Waals surface area contributed by atoms with Crippen LogP contribution in [0.25, 0.3) is 0 Å². The maximum absolute atomic E-state index is 13.7. The number of nitrogens with zero attached hydrogens (tertiary/aromatic N) is 6. The normalized spacial score (nSPS) is 19.7. The lowest BCUT2D eigenvalue weighted by Gasteiger charge is -2.44. The van der Waals surface area contributed by atoms with Gasteiger partial charge < -0.3 is 38.5 Å². The number of hydrogen-bond acceptors (Lipinski definition) is 16. The molecule has 2 aromatic rings. The molecule has 0 unspecified atom stereocenters. The Morgan fingerprint density at radius 2 is 0.884 bits per heavy atom. The first kappa shape index (κ1) is 56.4. The number of sulfonamides is 2. The second-order valence-electron chi connectivity index (χ2n) is 18.1. The van der Waals surface area contributed by atoms with E-state index in [1.165, 1.54) is 19.7 Å². The Labute approximate surface area is 410 Å². The molecule has 0 atom stereocenters. The zero-order valence-electron chi connectivity index (χ0n) is 41.2. The number of ether oxygens (including phenoxy) is 4. The van der Waals surface area contributed by atoms with E-state index < -0.39 is 41.4 Å². The Morgan fingerprint density at radius 1 is 0.536 bits per heavy atom. The van der Waals surface area contributed by atoms with E-state index in [4.69, 9.17) is 18.9 Å². The van der Waals surface area contributed by atoms with Gasteiger partial charge in [-0.1, -0.05) is 24.3 Å². The van der Waals surface area contributed by atoms with Crippen LogP contribution in [-0.2, 0) is 61.4 Å². The number of benzene rings is 2. The third-order valence-corrected chi connectivity index (χ3v) is 19.4. The van der Waals surface area contributed by atoms with Gasteiger partial charge in [0, 0.05) is 144 Å². The van der Waals surface area contributed by atoms with Gasteiger partial charge in [-0.2, -0.15) is 8.61 Å². The van der Waals surface area contributed by atoms with Crippen molar-refractivity contribution < 1.29 is 55.8 Å². The average Bonchev–Trinajstić information content (AvgIpc) is 3.39. The van der Waals surface area contributed by atoms with Crippen LogP contribution in [0, 0.1) is 0 Å². The Balaban J connectivity index is 0.000000258. The van der Waals surface area contributed by atoms with Crippen LogP contribution >= 0.6 is 0 Å². The fourth-order valence-electron chi connectivity index (χ4n) is 9.68. The average molecular weight is 1010 g/mol. The molecule has 390 valence electrons. The first-order valence-electron chi connectivity index (χ1n) is 24.3. The molecule has 0 aromatic heterocycles. The number of piperidine rings is 2. The molecule has 2 amide bonds. The number of piperazine rings is 2. The van der Waals surface area contributed by atoms with E-state index in [0.717, 1.165) is 56.9 Å². The molecule has 0 bridgehead atoms. The van der Waals surface area contributed by atoms with Crippen molar-refractivity contribution in [3.63, 3.8) is 0 Å². The van der Waals surface area contributed by atoms with Crippen LogP contribution in [0.2, 0.25) is 0 Å². The van der Waals surface area contributed by atoms with Gasteiger partial charge in [0.25, 0.3) is 11.8 Å². The minimum absolute atomic E-state index is 0.135. The Morgan fingerprint density at radius 3 is 1.20 bits per heavy atom. The number of hydroxylamine groups is 2. The summed E-state index contributed by atoms with van der Waals surface area (Å²) in [7, 11) is -2.98. The summed E-state index contributed by atoms with van der Waals surface area (Å²) in [6.07, 6.45) is 4.41. The van der Waals surface area contributed by atoms with Gasteiger partial charge in [-0.3, -0.25) is 20.0 Å². The molecular formula is C47H78N8O12S2. The molecule has 0 radical (unpaired) electrons. The maximum atomic E-state index is 13.7. The Bertz CT molecular complexity index is 2070. The number of methoxy groups -OCH3 is 3. The predicted molar refractivity (Wildman–Crippen MR) is 264 cm³/mol. The molecule has 2 aromatic carbocycles. The van der Waals surface area contributed by atoms with Gasteiger partial charge in [-0.05, 0) is 93.7 Å². The van der Waals surface area contributed by atoms with Crippen LogP contribution < -0.4 is 20.8 Å². The van der Waals surface area contributed by atoms with E-state index in [1.54, 1.807) is 32.3 Å². The molecule has 0 saturated carbocycles. The fourth-order valence-corrected chi connectivity index (χ4v) is 13.9. The zero-order chi connectivity index (χ0) is 49.9. The fraction of sp³-hybridized carbons (Fsp3) is 0.702. The summed E-state index contributed by atoms with van der Waals surface area (Å²) in [5.74, 6) is -1.68. The Hall–Kier alpha value is -3.52. The van der Waals surface area contributed by atoms with Crippen molar-refractivity contribution >= 4 is 43.2 Å². The molecule has 6 rings (SSSR count). The molecule has 69 heavy (non-hydrogen) atoms. The van der Waals surface area contributed by atoms with E-state index in [1.807, 2.05) is 6.92 Å². The van der Waals surface area contributed by atoms with E-state index in [-0.39, 0.29) is 25.7 Å². The van der Waals surface area contributed by atoms with E-state index in [2.05, 4.69) is 68.1 Å². The Kier molecular flexibility index (Phi) is 22.3. The summed E-state index contributed by atoms with van der Waals surface area (Å²) in [5.41, 5.74) is 7.88. The minimum atomic E-state index is -3.96. The van der Waals surface area contributed by atoms with Gasteiger partial charge in [-0.25, -0.2) is 27.8 Å². The van der Waals surface area contributed by atoms with Crippen molar-refractivity contribution in [2.45, 2.75) is 67.8 Å². The van der Waals surface area contributed by atoms with Gasteiger partial charge in [0.1, 0.15) is 0 Å². The monoisotopic (exact) mass is 1010 g/mol. The molecule has 0 spiro atoms. The number of carbonyl (C=O) groups excluding carboxylic acids is 2. The first-order chi connectivity index (χ1) is 33.2. The number of carbonyl (C=O) groups is 2. The summed E-state index contributed by atoms with van der Waals surface area (Å²) >= 11 is 0. The SMILES string of the molecule is CCOCCCc1ccc(N2CCN(S(=O)(=O)C3(C(=O)NO)CCN(CCOC)CC3)CC2)cc1.COCCCc1ccc(N2CCN(S(=O)(=O)C3(C(=O)NO)CCN(CCOC)CC3)CC2)cc1. The number of hydrogen-bond donors (Lipinski definition) is 4. The summed E-state index contributed by atoms with van der Waals surface area (Å²) < 4.78 is 75.0. The number of amides is 2. The third-order valence-electron chi connectivity index (χ3n) is 14.1. The van der Waals surface area contributed by atoms with Crippen LogP contribution in [-0.4, -0.2) is 213 Å². The summed E-state index contributed by atoms with van der Waals surface area (Å²) in [5, 5.41) is 18.8. The molecular weight excluding hydrogens is 933 g/mol. The number of anilines is 2. The van der Waals surface area contributed by atoms with Crippen molar-refractivity contribution in [1.29, 1.82) is 0 Å². The second-order valence-corrected chi connectivity index (χ2v) is 22.5. The topological polar surface area (TPSA) is 223 Å². The quantitative estimate of drug-likeness (QED) is 0.0708. The standard InChI is InChI=1S/C24H40N4O6S.C23H38N4O6S/c1-3-34-19-4-5-21-6-8-22(9-7-21)27-14-16-28(17-15-27)35(31,32)24(23(29)25-30)10-12-26(13-11-24)18-20-33-2;1-32-18-3-4-20-5-7-21(8-6-20)26-13-15-27(16-14-26)34(30,31)23(22(28)24-29)9-11-25(12-10-23)17-19-33-2/h6-9,30H,3-5,10-20H2,1-2H3,(H,25,29);5-8,29H,3-4,9-19H2,1-2H3,(H,24,28). The third kappa shape index (κ3) is 14.1. The highest BCUT2D eigenvalue weighted by molar-refractivity contribution is 7.91. The molecule has 20 nitrogen and oxygen atoms in total. The summed E-state index contributed by atoms with van der Waals surface area (Å²) in [6, 6.07) is 16.7. The maximum Gasteiger partial charge on any atom is 0.266 e. The largest absolute Gasteiger partial charge is 0.385 e. The molecule has 4 aliphatic heterocycles. The van der Waals surface area contributed by atoms with Crippen molar-refractivity contribution in [3.05, 3.63) is 59.7 Å². The van der Waals surface area contributed by atoms with Crippen LogP contribution in [0.1, 0.15) is 56.6 Å². The highest BCUT2D eigenvalue weighted by atomic mass is 32.2. The van der Waals surface area contributed by atoms with Crippen LogP contribution in [0.15, 0.2) is 48.5 Å². The van der Waals surface area contributed by atoms with E-state index in [0.29, 0.717) is 105 Å². The van der Waals surface area contributed by atoms with E-state index >= 15 is 0 Å². The lowest BCUT2D eigenvalue weighted by Crippen LogP contribution is -2.63. The highest BCUT2D eigenvalue weighted by Gasteiger charge is 2.56. The number of likely N-dealkylation sites (tertiary alicyclic amines) is 2. The number of rotatable bonds is 23. The predicted octanol–water partition coefficient (Wildman–Crippen LogP) is 1.80. The van der Waals surface area contributed by atoms with Gasteiger partial charge in [0.15, 0.2) is 9.49 Å². The molecule has 4 N–H and O–H groups in total.